The summed E-state index contributed by atoms with van der Waals surface area (Å²) in [5, 5.41) is 0. The van der Waals surface area contributed by atoms with Gasteiger partial charge in [0.05, 0.1) is 19.3 Å². The van der Waals surface area contributed by atoms with E-state index in [1.807, 2.05) is 11.0 Å². The third-order valence-electron chi connectivity index (χ3n) is 5.37. The average molecular weight is 317 g/mol. The van der Waals surface area contributed by atoms with Crippen LogP contribution in [0.4, 0.5) is 4.79 Å². The number of rotatable bonds is 4. The summed E-state index contributed by atoms with van der Waals surface area (Å²) in [5.74, 6) is 1.94. The van der Waals surface area contributed by atoms with Crippen LogP contribution in [0.3, 0.4) is 0 Å². The van der Waals surface area contributed by atoms with Crippen LogP contribution in [0.5, 0.6) is 11.5 Å². The summed E-state index contributed by atoms with van der Waals surface area (Å²) in [6.07, 6.45) is 5.83. The highest BCUT2D eigenvalue weighted by atomic mass is 16.6. The smallest absolute Gasteiger partial charge is 0.410 e. The molecule has 2 aliphatic heterocycles. The van der Waals surface area contributed by atoms with Crippen molar-refractivity contribution < 1.29 is 19.0 Å². The molecular formula is C18H23NO4. The topological polar surface area (TPSA) is 48.0 Å². The first-order valence-corrected chi connectivity index (χ1v) is 8.54. The molecule has 1 saturated carbocycles. The summed E-state index contributed by atoms with van der Waals surface area (Å²) < 4.78 is 16.8. The van der Waals surface area contributed by atoms with E-state index >= 15 is 0 Å². The monoisotopic (exact) mass is 317 g/mol. The summed E-state index contributed by atoms with van der Waals surface area (Å²) in [7, 11) is 1.68. The summed E-state index contributed by atoms with van der Waals surface area (Å²) >= 11 is 0. The van der Waals surface area contributed by atoms with E-state index < -0.39 is 0 Å². The van der Waals surface area contributed by atoms with Gasteiger partial charge in [0.15, 0.2) is 11.5 Å². The Bertz CT molecular complexity index is 597. The lowest BCUT2D eigenvalue weighted by molar-refractivity contribution is 0.159. The van der Waals surface area contributed by atoms with Crippen molar-refractivity contribution >= 4 is 6.09 Å². The molecule has 1 amide bonds. The molecule has 0 unspecified atom stereocenters. The number of nitrogens with zero attached hydrogens (tertiary/aromatic N) is 1. The predicted molar refractivity (Wildman–Crippen MR) is 85.1 cm³/mol. The number of hydrogen-bond donors (Lipinski definition) is 0. The second-order valence-corrected chi connectivity index (χ2v) is 6.67. The maximum atomic E-state index is 11.7. The normalized spacial score (nSPS) is 27.2. The fourth-order valence-corrected chi connectivity index (χ4v) is 4.12. The van der Waals surface area contributed by atoms with Crippen molar-refractivity contribution in [3.63, 3.8) is 0 Å². The van der Waals surface area contributed by atoms with E-state index in [4.69, 9.17) is 14.2 Å². The maximum absolute atomic E-state index is 11.7. The van der Waals surface area contributed by atoms with Crippen molar-refractivity contribution in [2.45, 2.75) is 50.2 Å². The highest BCUT2D eigenvalue weighted by molar-refractivity contribution is 5.71. The lowest BCUT2D eigenvalue weighted by atomic mass is 9.92. The Morgan fingerprint density at radius 2 is 2.00 bits per heavy atom. The van der Waals surface area contributed by atoms with Crippen LogP contribution in [-0.4, -0.2) is 43.4 Å². The number of hydrogen-bond acceptors (Lipinski definition) is 4. The summed E-state index contributed by atoms with van der Waals surface area (Å²) in [5.41, 5.74) is 1.21. The molecule has 5 heteroatoms. The van der Waals surface area contributed by atoms with Gasteiger partial charge in [-0.1, -0.05) is 6.07 Å². The molecule has 0 N–H and O–H groups in total. The molecular weight excluding hydrogens is 294 g/mol. The third-order valence-corrected chi connectivity index (χ3v) is 5.37. The second-order valence-electron chi connectivity index (χ2n) is 6.67. The lowest BCUT2D eigenvalue weighted by Crippen LogP contribution is -2.29. The van der Waals surface area contributed by atoms with Crippen LogP contribution in [0, 0.1) is 0 Å². The Balaban J connectivity index is 1.58. The van der Waals surface area contributed by atoms with Gasteiger partial charge in [0.1, 0.15) is 6.61 Å². The molecule has 1 aliphatic carbocycles. The molecule has 2 atom stereocenters. The minimum absolute atomic E-state index is 0.162. The molecule has 2 saturated heterocycles. The number of amides is 1. The van der Waals surface area contributed by atoms with Crippen molar-refractivity contribution in [3.8, 4) is 11.5 Å². The van der Waals surface area contributed by atoms with Gasteiger partial charge < -0.3 is 19.1 Å². The SMILES string of the molecule is COc1ccc([C@H]2CCN3C(=O)OC[C@@H]23)cc1OC1CCCC1. The maximum Gasteiger partial charge on any atom is 0.410 e. The molecule has 1 aromatic rings. The molecule has 3 aliphatic rings. The number of carbonyl (C=O) groups excluding carboxylic acids is 1. The molecule has 0 radical (unpaired) electrons. The van der Waals surface area contributed by atoms with Gasteiger partial charge in [0.25, 0.3) is 0 Å². The van der Waals surface area contributed by atoms with E-state index in [9.17, 15) is 4.79 Å². The van der Waals surface area contributed by atoms with Crippen LogP contribution in [-0.2, 0) is 4.74 Å². The summed E-state index contributed by atoms with van der Waals surface area (Å²) in [6, 6.07) is 6.35. The molecule has 0 aromatic heterocycles. The molecule has 4 rings (SSSR count). The Morgan fingerprint density at radius 1 is 1.17 bits per heavy atom. The van der Waals surface area contributed by atoms with E-state index in [-0.39, 0.29) is 12.1 Å². The van der Waals surface area contributed by atoms with E-state index in [1.165, 1.54) is 18.4 Å². The number of ether oxygens (including phenoxy) is 3. The zero-order chi connectivity index (χ0) is 15.8. The molecule has 1 aromatic carbocycles. The second kappa shape index (κ2) is 5.95. The third kappa shape index (κ3) is 2.62. The van der Waals surface area contributed by atoms with Crippen LogP contribution >= 0.6 is 0 Å². The van der Waals surface area contributed by atoms with Gasteiger partial charge in [0.2, 0.25) is 0 Å². The van der Waals surface area contributed by atoms with Crippen LogP contribution in [0.1, 0.15) is 43.6 Å². The molecule has 5 nitrogen and oxygen atoms in total. The van der Waals surface area contributed by atoms with Crippen LogP contribution in [0.2, 0.25) is 0 Å². The first-order chi connectivity index (χ1) is 11.3. The molecule has 23 heavy (non-hydrogen) atoms. The van der Waals surface area contributed by atoms with Crippen molar-refractivity contribution in [1.82, 2.24) is 4.90 Å². The van der Waals surface area contributed by atoms with Crippen LogP contribution in [0.15, 0.2) is 18.2 Å². The van der Waals surface area contributed by atoms with Gasteiger partial charge in [-0.05, 0) is 49.8 Å². The van der Waals surface area contributed by atoms with Gasteiger partial charge in [-0.25, -0.2) is 4.79 Å². The highest BCUT2D eigenvalue weighted by Gasteiger charge is 2.44. The van der Waals surface area contributed by atoms with Gasteiger partial charge in [-0.3, -0.25) is 0 Å². The molecule has 2 heterocycles. The number of methoxy groups -OCH3 is 1. The Morgan fingerprint density at radius 3 is 2.78 bits per heavy atom. The molecule has 124 valence electrons. The first kappa shape index (κ1) is 14.7. The van der Waals surface area contributed by atoms with E-state index in [0.29, 0.717) is 18.6 Å². The van der Waals surface area contributed by atoms with Crippen molar-refractivity contribution in [3.05, 3.63) is 23.8 Å². The molecule has 3 fully saturated rings. The van der Waals surface area contributed by atoms with Crippen molar-refractivity contribution in [2.24, 2.45) is 0 Å². The van der Waals surface area contributed by atoms with Gasteiger partial charge >= 0.3 is 6.09 Å². The fraction of sp³-hybridized carbons (Fsp3) is 0.611. The van der Waals surface area contributed by atoms with Gasteiger partial charge in [0, 0.05) is 12.5 Å². The first-order valence-electron chi connectivity index (χ1n) is 8.54. The van der Waals surface area contributed by atoms with Crippen molar-refractivity contribution in [2.75, 3.05) is 20.3 Å². The van der Waals surface area contributed by atoms with Gasteiger partial charge in [-0.15, -0.1) is 0 Å². The zero-order valence-electron chi connectivity index (χ0n) is 13.5. The van der Waals surface area contributed by atoms with Crippen LogP contribution in [0.25, 0.3) is 0 Å². The zero-order valence-corrected chi connectivity index (χ0v) is 13.5. The fourth-order valence-electron chi connectivity index (χ4n) is 4.12. The Hall–Kier alpha value is -1.91. The van der Waals surface area contributed by atoms with E-state index in [1.54, 1.807) is 7.11 Å². The number of benzene rings is 1. The summed E-state index contributed by atoms with van der Waals surface area (Å²) in [6.45, 7) is 1.27. The largest absolute Gasteiger partial charge is 0.493 e. The highest BCUT2D eigenvalue weighted by Crippen LogP contribution is 2.40. The Kier molecular flexibility index (Phi) is 3.79. The minimum Gasteiger partial charge on any atom is -0.493 e. The summed E-state index contributed by atoms with van der Waals surface area (Å²) in [4.78, 5) is 13.5. The van der Waals surface area contributed by atoms with Crippen LogP contribution < -0.4 is 9.47 Å². The molecule has 0 bridgehead atoms. The lowest BCUT2D eigenvalue weighted by Gasteiger charge is -2.21. The number of carbonyl (C=O) groups is 1. The minimum atomic E-state index is -0.173. The number of fused-ring (bicyclic) bond motifs is 1. The number of cyclic esters (lactones) is 1. The van der Waals surface area contributed by atoms with E-state index in [0.717, 1.165) is 37.3 Å². The quantitative estimate of drug-likeness (QED) is 0.854. The van der Waals surface area contributed by atoms with Crippen molar-refractivity contribution in [1.29, 1.82) is 0 Å². The Labute approximate surface area is 136 Å². The average Bonchev–Trinajstić information content (AvgIpc) is 3.27. The van der Waals surface area contributed by atoms with E-state index in [2.05, 4.69) is 12.1 Å². The standard InChI is InChI=1S/C18H23NO4/c1-21-16-7-6-12(10-17(16)23-13-4-2-3-5-13)14-8-9-19-15(14)11-22-18(19)20/h6-7,10,13-15H,2-5,8-9,11H2,1H3/t14-,15+/m1/s1. The molecule has 0 spiro atoms. The predicted octanol–water partition coefficient (Wildman–Crippen LogP) is 3.32. The van der Waals surface area contributed by atoms with Gasteiger partial charge in [-0.2, -0.15) is 0 Å².